The molecule has 112 valence electrons. The van der Waals surface area contributed by atoms with Crippen molar-refractivity contribution in [3.05, 3.63) is 35.4 Å². The van der Waals surface area contributed by atoms with Crippen molar-refractivity contribution in [3.8, 4) is 0 Å². The van der Waals surface area contributed by atoms with E-state index >= 15 is 0 Å². The highest BCUT2D eigenvalue weighted by Gasteiger charge is 2.30. The normalized spacial score (nSPS) is 24.9. The van der Waals surface area contributed by atoms with Crippen LogP contribution in [-0.2, 0) is 12.7 Å². The van der Waals surface area contributed by atoms with Crippen molar-refractivity contribution in [1.29, 1.82) is 0 Å². The molecule has 0 aromatic heterocycles. The molecule has 1 aromatic rings. The molecule has 2 atom stereocenters. The first-order valence-electron chi connectivity index (χ1n) is 6.96. The zero-order valence-electron chi connectivity index (χ0n) is 11.9. The van der Waals surface area contributed by atoms with Crippen molar-refractivity contribution < 1.29 is 13.2 Å². The SMILES string of the molecule is CNC1CCN(Cc2ccc(C(F)(F)F)cc2)CC1C. The molecule has 0 amide bonds. The molecule has 1 aliphatic heterocycles. The van der Waals surface area contributed by atoms with Gasteiger partial charge < -0.3 is 5.32 Å². The van der Waals surface area contributed by atoms with Crippen molar-refractivity contribution >= 4 is 0 Å². The third-order valence-electron chi connectivity index (χ3n) is 4.05. The molecule has 0 spiro atoms. The Labute approximate surface area is 118 Å². The van der Waals surface area contributed by atoms with E-state index in [9.17, 15) is 13.2 Å². The number of alkyl halides is 3. The van der Waals surface area contributed by atoms with E-state index in [0.717, 1.165) is 31.6 Å². The van der Waals surface area contributed by atoms with Crippen LogP contribution >= 0.6 is 0 Å². The molecule has 0 aliphatic carbocycles. The summed E-state index contributed by atoms with van der Waals surface area (Å²) in [5.41, 5.74) is 0.358. The summed E-state index contributed by atoms with van der Waals surface area (Å²) in [7, 11) is 1.98. The number of rotatable bonds is 3. The standard InChI is InChI=1S/C15H21F3N2/c1-11-9-20(8-7-14(11)19-2)10-12-3-5-13(6-4-12)15(16,17)18/h3-6,11,14,19H,7-10H2,1-2H3. The van der Waals surface area contributed by atoms with Crippen molar-refractivity contribution in [2.45, 2.75) is 32.1 Å². The second kappa shape index (κ2) is 6.14. The lowest BCUT2D eigenvalue weighted by Gasteiger charge is -2.36. The first-order chi connectivity index (χ1) is 9.40. The second-order valence-electron chi connectivity index (χ2n) is 5.59. The average molecular weight is 286 g/mol. The molecule has 0 radical (unpaired) electrons. The number of likely N-dealkylation sites (tertiary alicyclic amines) is 1. The number of hydrogen-bond donors (Lipinski definition) is 1. The van der Waals surface area contributed by atoms with Gasteiger partial charge in [-0.15, -0.1) is 0 Å². The van der Waals surface area contributed by atoms with Crippen LogP contribution in [0.5, 0.6) is 0 Å². The third kappa shape index (κ3) is 3.73. The summed E-state index contributed by atoms with van der Waals surface area (Å²) in [6, 6.07) is 6.03. The summed E-state index contributed by atoms with van der Waals surface area (Å²) in [5, 5.41) is 3.31. The lowest BCUT2D eigenvalue weighted by atomic mass is 9.93. The van der Waals surface area contributed by atoms with Crippen LogP contribution in [-0.4, -0.2) is 31.1 Å². The molecular weight excluding hydrogens is 265 g/mol. The molecule has 2 unspecified atom stereocenters. The molecule has 2 nitrogen and oxygen atoms in total. The van der Waals surface area contributed by atoms with E-state index in [-0.39, 0.29) is 0 Å². The maximum Gasteiger partial charge on any atom is 0.416 e. The largest absolute Gasteiger partial charge is 0.416 e. The summed E-state index contributed by atoms with van der Waals surface area (Å²) in [4.78, 5) is 2.31. The molecule has 2 rings (SSSR count). The van der Waals surface area contributed by atoms with Crippen molar-refractivity contribution in [3.63, 3.8) is 0 Å². The predicted molar refractivity (Wildman–Crippen MR) is 73.3 cm³/mol. The number of benzene rings is 1. The number of nitrogens with one attached hydrogen (secondary N) is 1. The Morgan fingerprint density at radius 3 is 2.40 bits per heavy atom. The fraction of sp³-hybridized carbons (Fsp3) is 0.600. The highest BCUT2D eigenvalue weighted by Crippen LogP contribution is 2.29. The minimum atomic E-state index is -4.25. The lowest BCUT2D eigenvalue weighted by molar-refractivity contribution is -0.137. The highest BCUT2D eigenvalue weighted by atomic mass is 19.4. The Morgan fingerprint density at radius 1 is 1.25 bits per heavy atom. The Balaban J connectivity index is 1.94. The molecule has 1 aliphatic rings. The van der Waals surface area contributed by atoms with Gasteiger partial charge in [0.15, 0.2) is 0 Å². The van der Waals surface area contributed by atoms with Gasteiger partial charge >= 0.3 is 6.18 Å². The summed E-state index contributed by atoms with van der Waals surface area (Å²) >= 11 is 0. The van der Waals surface area contributed by atoms with Gasteiger partial charge in [-0.2, -0.15) is 13.2 Å². The molecule has 0 saturated carbocycles. The van der Waals surface area contributed by atoms with Crippen molar-refractivity contribution in [1.82, 2.24) is 10.2 Å². The van der Waals surface area contributed by atoms with E-state index in [1.165, 1.54) is 12.1 Å². The minimum Gasteiger partial charge on any atom is -0.317 e. The van der Waals surface area contributed by atoms with Crippen LogP contribution in [0.25, 0.3) is 0 Å². The van der Waals surface area contributed by atoms with E-state index in [1.54, 1.807) is 12.1 Å². The number of nitrogens with zero attached hydrogens (tertiary/aromatic N) is 1. The molecular formula is C15H21F3N2. The van der Waals surface area contributed by atoms with Crippen LogP contribution in [0.2, 0.25) is 0 Å². The van der Waals surface area contributed by atoms with E-state index in [2.05, 4.69) is 17.1 Å². The maximum atomic E-state index is 12.5. The van der Waals surface area contributed by atoms with Crippen LogP contribution in [0.1, 0.15) is 24.5 Å². The van der Waals surface area contributed by atoms with Crippen LogP contribution in [0, 0.1) is 5.92 Å². The summed E-state index contributed by atoms with van der Waals surface area (Å²) in [6.07, 6.45) is -3.17. The third-order valence-corrected chi connectivity index (χ3v) is 4.05. The molecule has 5 heteroatoms. The summed E-state index contributed by atoms with van der Waals surface area (Å²) < 4.78 is 37.5. The van der Waals surface area contributed by atoms with E-state index in [1.807, 2.05) is 7.05 Å². The second-order valence-corrected chi connectivity index (χ2v) is 5.59. The van der Waals surface area contributed by atoms with Crippen LogP contribution in [0.4, 0.5) is 13.2 Å². The highest BCUT2D eigenvalue weighted by molar-refractivity contribution is 5.24. The average Bonchev–Trinajstić information content (AvgIpc) is 2.38. The van der Waals surface area contributed by atoms with Crippen LogP contribution in [0.3, 0.4) is 0 Å². The quantitative estimate of drug-likeness (QED) is 0.918. The monoisotopic (exact) mass is 286 g/mol. The molecule has 1 aromatic carbocycles. The number of hydrogen-bond acceptors (Lipinski definition) is 2. The Hall–Kier alpha value is -1.07. The van der Waals surface area contributed by atoms with Crippen molar-refractivity contribution in [2.75, 3.05) is 20.1 Å². The Morgan fingerprint density at radius 2 is 1.90 bits per heavy atom. The molecule has 1 heterocycles. The van der Waals surface area contributed by atoms with Crippen molar-refractivity contribution in [2.24, 2.45) is 5.92 Å². The molecule has 20 heavy (non-hydrogen) atoms. The fourth-order valence-corrected chi connectivity index (χ4v) is 2.86. The molecule has 1 fully saturated rings. The first-order valence-corrected chi connectivity index (χ1v) is 6.96. The predicted octanol–water partition coefficient (Wildman–Crippen LogP) is 3.14. The summed E-state index contributed by atoms with van der Waals surface area (Å²) in [5.74, 6) is 0.559. The lowest BCUT2D eigenvalue weighted by Crippen LogP contribution is -2.46. The smallest absolute Gasteiger partial charge is 0.317 e. The van der Waals surface area contributed by atoms with E-state index < -0.39 is 11.7 Å². The van der Waals surface area contributed by atoms with E-state index in [0.29, 0.717) is 12.0 Å². The minimum absolute atomic E-state index is 0.541. The van der Waals surface area contributed by atoms with Gasteiger partial charge in [0.05, 0.1) is 5.56 Å². The fourth-order valence-electron chi connectivity index (χ4n) is 2.86. The zero-order chi connectivity index (χ0) is 14.8. The van der Waals surface area contributed by atoms with Gasteiger partial charge in [0, 0.05) is 19.1 Å². The van der Waals surface area contributed by atoms with Crippen LogP contribution < -0.4 is 5.32 Å². The molecule has 1 N–H and O–H groups in total. The summed E-state index contributed by atoms with van der Waals surface area (Å²) in [6.45, 7) is 4.89. The van der Waals surface area contributed by atoms with Gasteiger partial charge in [-0.05, 0) is 43.6 Å². The van der Waals surface area contributed by atoms with Gasteiger partial charge in [0.25, 0.3) is 0 Å². The molecule has 0 bridgehead atoms. The Kier molecular flexibility index (Phi) is 4.70. The van der Waals surface area contributed by atoms with E-state index in [4.69, 9.17) is 0 Å². The van der Waals surface area contributed by atoms with Gasteiger partial charge in [-0.25, -0.2) is 0 Å². The topological polar surface area (TPSA) is 15.3 Å². The number of halogens is 3. The molecule has 1 saturated heterocycles. The zero-order valence-corrected chi connectivity index (χ0v) is 11.9. The number of piperidine rings is 1. The van der Waals surface area contributed by atoms with Gasteiger partial charge in [0.2, 0.25) is 0 Å². The van der Waals surface area contributed by atoms with Crippen LogP contribution in [0.15, 0.2) is 24.3 Å². The maximum absolute atomic E-state index is 12.5. The van der Waals surface area contributed by atoms with Gasteiger partial charge in [-0.3, -0.25) is 4.90 Å². The van der Waals surface area contributed by atoms with Gasteiger partial charge in [0.1, 0.15) is 0 Å². The van der Waals surface area contributed by atoms with Gasteiger partial charge in [-0.1, -0.05) is 19.1 Å². The first kappa shape index (κ1) is 15.3. The Bertz CT molecular complexity index is 428.